The van der Waals surface area contributed by atoms with Crippen LogP contribution in [0, 0.1) is 5.92 Å². The topological polar surface area (TPSA) is 77.0 Å². The second-order valence-electron chi connectivity index (χ2n) is 6.03. The Morgan fingerprint density at radius 1 is 1.18 bits per heavy atom. The zero-order valence-electron chi connectivity index (χ0n) is 15.9. The fourth-order valence-electron chi connectivity index (χ4n) is 2.63. The molecule has 0 aliphatic heterocycles. The first-order valence-corrected chi connectivity index (χ1v) is 10.5. The van der Waals surface area contributed by atoms with Gasteiger partial charge in [-0.2, -0.15) is 5.10 Å². The largest absolute Gasteiger partial charge is 0.483 e. The number of nitrogens with one attached hydrogen (secondary N) is 1. The highest BCUT2D eigenvalue weighted by Gasteiger charge is 2.21. The first-order chi connectivity index (χ1) is 13.4. The summed E-state index contributed by atoms with van der Waals surface area (Å²) >= 11 is 6.97. The number of nitrogens with zero attached hydrogens (tertiary/aromatic N) is 1. The van der Waals surface area contributed by atoms with E-state index in [2.05, 4.69) is 42.4 Å². The van der Waals surface area contributed by atoms with Crippen molar-refractivity contribution in [3.63, 3.8) is 0 Å². The van der Waals surface area contributed by atoms with Crippen LogP contribution in [0.15, 0.2) is 44.4 Å². The molecular weight excluding hydrogens is 492 g/mol. The van der Waals surface area contributed by atoms with Gasteiger partial charge in [0.2, 0.25) is 0 Å². The lowest BCUT2D eigenvalue weighted by molar-refractivity contribution is -0.145. The molecule has 0 aliphatic carbocycles. The lowest BCUT2D eigenvalue weighted by atomic mass is 10.0. The van der Waals surface area contributed by atoms with E-state index in [1.807, 2.05) is 31.2 Å². The van der Waals surface area contributed by atoms with Gasteiger partial charge in [-0.15, -0.1) is 0 Å². The molecule has 2 rings (SSSR count). The number of rotatable bonds is 8. The zero-order chi connectivity index (χ0) is 20.7. The zero-order valence-corrected chi connectivity index (χ0v) is 19.1. The maximum absolute atomic E-state index is 12.1. The van der Waals surface area contributed by atoms with Gasteiger partial charge in [-0.05, 0) is 65.2 Å². The normalized spacial score (nSPS) is 12.5. The molecule has 0 radical (unpaired) electrons. The molecule has 0 aromatic heterocycles. The van der Waals surface area contributed by atoms with Crippen LogP contribution in [0.4, 0.5) is 0 Å². The van der Waals surface area contributed by atoms with Gasteiger partial charge in [0.15, 0.2) is 6.61 Å². The third kappa shape index (κ3) is 5.78. The molecule has 2 aromatic carbocycles. The second kappa shape index (κ2) is 10.6. The van der Waals surface area contributed by atoms with Crippen LogP contribution in [0.5, 0.6) is 5.75 Å². The molecule has 6 nitrogen and oxygen atoms in total. The van der Waals surface area contributed by atoms with E-state index in [-0.39, 0.29) is 12.6 Å². The third-order valence-electron chi connectivity index (χ3n) is 4.08. The number of carbonyl (C=O) groups is 2. The molecular formula is C20H22Br2N2O4. The van der Waals surface area contributed by atoms with E-state index in [1.165, 1.54) is 0 Å². The van der Waals surface area contributed by atoms with Crippen LogP contribution in [0.1, 0.15) is 27.2 Å². The van der Waals surface area contributed by atoms with Gasteiger partial charge in [-0.3, -0.25) is 9.59 Å². The minimum Gasteiger partial charge on any atom is -0.483 e. The number of halogens is 2. The number of hydrogen-bond acceptors (Lipinski definition) is 5. The standard InChI is InChI=1S/C20H22Br2N2O4/c1-4-15(20(26)27-5-2)12(3)23-24-18(25)11-28-17-9-6-13-10-14(21)7-8-16(13)19(17)22/h6-10,15H,4-5,11H2,1-3H3,(H,24,25)/b23-12-. The number of amides is 1. The number of hydrazone groups is 1. The Labute approximate surface area is 180 Å². The summed E-state index contributed by atoms with van der Waals surface area (Å²) in [6.45, 7) is 5.40. The molecule has 0 fully saturated rings. The van der Waals surface area contributed by atoms with Gasteiger partial charge in [0.1, 0.15) is 5.75 Å². The van der Waals surface area contributed by atoms with E-state index >= 15 is 0 Å². The van der Waals surface area contributed by atoms with Crippen molar-refractivity contribution in [2.75, 3.05) is 13.2 Å². The second-order valence-corrected chi connectivity index (χ2v) is 7.74. The van der Waals surface area contributed by atoms with Gasteiger partial charge < -0.3 is 9.47 Å². The predicted molar refractivity (Wildman–Crippen MR) is 117 cm³/mol. The highest BCUT2D eigenvalue weighted by Crippen LogP contribution is 2.34. The lowest BCUT2D eigenvalue weighted by Gasteiger charge is -2.13. The Morgan fingerprint density at radius 3 is 2.61 bits per heavy atom. The van der Waals surface area contributed by atoms with Gasteiger partial charge in [0, 0.05) is 10.2 Å². The molecule has 0 saturated heterocycles. The summed E-state index contributed by atoms with van der Waals surface area (Å²) < 4.78 is 12.4. The Hall–Kier alpha value is -1.93. The number of benzene rings is 2. The molecule has 8 heteroatoms. The average molecular weight is 514 g/mol. The molecule has 0 spiro atoms. The van der Waals surface area contributed by atoms with Crippen molar-refractivity contribution in [3.8, 4) is 5.75 Å². The molecule has 0 saturated carbocycles. The van der Waals surface area contributed by atoms with Crippen molar-refractivity contribution in [2.45, 2.75) is 27.2 Å². The monoisotopic (exact) mass is 512 g/mol. The highest BCUT2D eigenvalue weighted by molar-refractivity contribution is 9.11. The van der Waals surface area contributed by atoms with Crippen LogP contribution in [0.25, 0.3) is 10.8 Å². The third-order valence-corrected chi connectivity index (χ3v) is 5.39. The molecule has 28 heavy (non-hydrogen) atoms. The summed E-state index contributed by atoms with van der Waals surface area (Å²) in [4.78, 5) is 24.0. The van der Waals surface area contributed by atoms with Gasteiger partial charge in [-0.1, -0.05) is 35.0 Å². The quantitative estimate of drug-likeness (QED) is 0.311. The van der Waals surface area contributed by atoms with E-state index in [4.69, 9.17) is 9.47 Å². The van der Waals surface area contributed by atoms with Crippen molar-refractivity contribution in [3.05, 3.63) is 39.3 Å². The summed E-state index contributed by atoms with van der Waals surface area (Å²) in [5.41, 5.74) is 2.92. The number of fused-ring (bicyclic) bond motifs is 1. The summed E-state index contributed by atoms with van der Waals surface area (Å²) in [5.74, 6) is -0.678. The minimum absolute atomic E-state index is 0.201. The number of ether oxygens (including phenoxy) is 2. The van der Waals surface area contributed by atoms with Gasteiger partial charge in [0.05, 0.1) is 17.0 Å². The molecule has 0 heterocycles. The van der Waals surface area contributed by atoms with Crippen LogP contribution in [-0.4, -0.2) is 30.8 Å². The summed E-state index contributed by atoms with van der Waals surface area (Å²) in [5, 5.41) is 6.04. The summed E-state index contributed by atoms with van der Waals surface area (Å²) in [7, 11) is 0. The van der Waals surface area contributed by atoms with Crippen LogP contribution < -0.4 is 10.2 Å². The molecule has 0 aliphatic rings. The summed E-state index contributed by atoms with van der Waals surface area (Å²) in [6.07, 6.45) is 0.542. The van der Waals surface area contributed by atoms with Gasteiger partial charge in [-0.25, -0.2) is 5.43 Å². The molecule has 1 amide bonds. The predicted octanol–water partition coefficient (Wildman–Crippen LogP) is 4.83. The van der Waals surface area contributed by atoms with Gasteiger partial charge in [0.25, 0.3) is 5.91 Å². The maximum atomic E-state index is 12.1. The average Bonchev–Trinajstić information content (AvgIpc) is 2.66. The van der Waals surface area contributed by atoms with E-state index < -0.39 is 11.8 Å². The Kier molecular flexibility index (Phi) is 8.44. The molecule has 1 unspecified atom stereocenters. The first-order valence-electron chi connectivity index (χ1n) is 8.87. The molecule has 2 aromatic rings. The van der Waals surface area contributed by atoms with E-state index in [9.17, 15) is 9.59 Å². The first kappa shape index (κ1) is 22.4. The van der Waals surface area contributed by atoms with Crippen molar-refractivity contribution in [2.24, 2.45) is 11.0 Å². The lowest BCUT2D eigenvalue weighted by Crippen LogP contribution is -2.29. The summed E-state index contributed by atoms with van der Waals surface area (Å²) in [6, 6.07) is 9.63. The van der Waals surface area contributed by atoms with Crippen LogP contribution in [-0.2, 0) is 14.3 Å². The maximum Gasteiger partial charge on any atom is 0.314 e. The fraction of sp³-hybridized carbons (Fsp3) is 0.350. The van der Waals surface area contributed by atoms with Crippen LogP contribution in [0.3, 0.4) is 0 Å². The van der Waals surface area contributed by atoms with Crippen molar-refractivity contribution in [1.82, 2.24) is 5.43 Å². The van der Waals surface area contributed by atoms with E-state index in [0.717, 1.165) is 19.7 Å². The van der Waals surface area contributed by atoms with E-state index in [0.29, 0.717) is 24.5 Å². The smallest absolute Gasteiger partial charge is 0.314 e. The van der Waals surface area contributed by atoms with Crippen molar-refractivity contribution in [1.29, 1.82) is 0 Å². The van der Waals surface area contributed by atoms with Crippen molar-refractivity contribution >= 4 is 60.2 Å². The highest BCUT2D eigenvalue weighted by atomic mass is 79.9. The molecule has 1 atom stereocenters. The Morgan fingerprint density at radius 2 is 1.93 bits per heavy atom. The molecule has 1 N–H and O–H groups in total. The molecule has 150 valence electrons. The SMILES string of the molecule is CCOC(=O)C(CC)/C(C)=N\NC(=O)COc1ccc2cc(Br)ccc2c1Br. The number of carbonyl (C=O) groups excluding carboxylic acids is 2. The Bertz CT molecular complexity index is 899. The fourth-order valence-corrected chi connectivity index (χ4v) is 3.62. The van der Waals surface area contributed by atoms with E-state index in [1.54, 1.807) is 19.9 Å². The number of hydrogen-bond donors (Lipinski definition) is 1. The van der Waals surface area contributed by atoms with Crippen LogP contribution in [0.2, 0.25) is 0 Å². The minimum atomic E-state index is -0.477. The molecule has 0 bridgehead atoms. The number of esters is 1. The van der Waals surface area contributed by atoms with Gasteiger partial charge >= 0.3 is 5.97 Å². The van der Waals surface area contributed by atoms with Crippen LogP contribution >= 0.6 is 31.9 Å². The Balaban J connectivity index is 1.98. The van der Waals surface area contributed by atoms with Crippen molar-refractivity contribution < 1.29 is 19.1 Å².